The van der Waals surface area contributed by atoms with Gasteiger partial charge in [0.05, 0.1) is 18.2 Å². The van der Waals surface area contributed by atoms with Crippen molar-refractivity contribution >= 4 is 27.6 Å². The highest BCUT2D eigenvalue weighted by Gasteiger charge is 2.27. The van der Waals surface area contributed by atoms with E-state index in [9.17, 15) is 26.8 Å². The van der Waals surface area contributed by atoms with Crippen LogP contribution in [0.15, 0.2) is 53.4 Å². The van der Waals surface area contributed by atoms with Crippen molar-refractivity contribution in [3.63, 3.8) is 0 Å². The van der Waals surface area contributed by atoms with Crippen LogP contribution in [-0.4, -0.2) is 39.5 Å². The van der Waals surface area contributed by atoms with Gasteiger partial charge < -0.3 is 9.64 Å². The van der Waals surface area contributed by atoms with E-state index < -0.39 is 51.1 Å². The lowest BCUT2D eigenvalue weighted by Gasteiger charge is -2.22. The second kappa shape index (κ2) is 10.6. The van der Waals surface area contributed by atoms with Crippen molar-refractivity contribution in [2.75, 3.05) is 18.1 Å². The molecule has 0 saturated heterocycles. The molecular formula is C20H19F2N3O5S. The van der Waals surface area contributed by atoms with E-state index in [1.54, 1.807) is 0 Å². The zero-order chi connectivity index (χ0) is 23.0. The Hall–Kier alpha value is -3.36. The molecule has 1 atom stereocenters. The third kappa shape index (κ3) is 6.31. The van der Waals surface area contributed by atoms with Crippen LogP contribution >= 0.6 is 0 Å². The summed E-state index contributed by atoms with van der Waals surface area (Å²) in [6.07, 6.45) is -0.0904. The van der Waals surface area contributed by atoms with Gasteiger partial charge in [0.2, 0.25) is 10.0 Å². The Bertz CT molecular complexity index is 1100. The summed E-state index contributed by atoms with van der Waals surface area (Å²) < 4.78 is 59.1. The van der Waals surface area contributed by atoms with Crippen LogP contribution in [-0.2, 0) is 24.3 Å². The molecule has 2 aromatic rings. The zero-order valence-electron chi connectivity index (χ0n) is 16.4. The fraction of sp³-hybridized carbons (Fsp3) is 0.250. The largest absolute Gasteiger partial charge is 0.454 e. The molecule has 2 aromatic carbocycles. The van der Waals surface area contributed by atoms with Gasteiger partial charge in [-0.1, -0.05) is 24.3 Å². The van der Waals surface area contributed by atoms with Gasteiger partial charge >= 0.3 is 5.97 Å². The van der Waals surface area contributed by atoms with Crippen LogP contribution in [0.2, 0.25) is 0 Å². The third-order valence-corrected chi connectivity index (χ3v) is 5.62. The number of nitrogens with zero attached hydrogens (tertiary/aromatic N) is 2. The van der Waals surface area contributed by atoms with Gasteiger partial charge in [0.15, 0.2) is 6.61 Å². The first-order valence-electron chi connectivity index (χ1n) is 9.02. The van der Waals surface area contributed by atoms with Crippen molar-refractivity contribution < 1.29 is 31.5 Å². The molecule has 0 heterocycles. The summed E-state index contributed by atoms with van der Waals surface area (Å²) in [6.45, 7) is 0.211. The molecule has 0 bridgehead atoms. The van der Waals surface area contributed by atoms with Crippen LogP contribution in [0, 0.1) is 23.0 Å². The predicted molar refractivity (Wildman–Crippen MR) is 106 cm³/mol. The fourth-order valence-corrected chi connectivity index (χ4v) is 3.83. The van der Waals surface area contributed by atoms with Crippen molar-refractivity contribution in [3.8, 4) is 6.07 Å². The first kappa shape index (κ1) is 23.9. The number of benzene rings is 2. The summed E-state index contributed by atoms with van der Waals surface area (Å²) in [6, 6.07) is 10.4. The SMILES string of the molecule is CC(NS(=O)(=O)c1ccccc1F)C(=O)OCC(=O)N(CCC#N)c1ccccc1F. The Labute approximate surface area is 178 Å². The molecule has 1 N–H and O–H groups in total. The molecule has 8 nitrogen and oxygen atoms in total. The number of nitrogens with one attached hydrogen (secondary N) is 1. The molecule has 11 heteroatoms. The topological polar surface area (TPSA) is 117 Å². The van der Waals surface area contributed by atoms with E-state index in [1.807, 2.05) is 10.8 Å². The van der Waals surface area contributed by atoms with Gasteiger partial charge in [-0.25, -0.2) is 17.2 Å². The van der Waals surface area contributed by atoms with Crippen LogP contribution in [0.1, 0.15) is 13.3 Å². The number of para-hydroxylation sites is 1. The van der Waals surface area contributed by atoms with Crippen LogP contribution < -0.4 is 9.62 Å². The number of esters is 1. The highest BCUT2D eigenvalue weighted by molar-refractivity contribution is 7.89. The average Bonchev–Trinajstić information content (AvgIpc) is 2.73. The molecule has 0 fully saturated rings. The molecule has 0 aliphatic rings. The summed E-state index contributed by atoms with van der Waals surface area (Å²) in [5.41, 5.74) is -0.0906. The maximum atomic E-state index is 14.0. The van der Waals surface area contributed by atoms with Crippen LogP contribution in [0.3, 0.4) is 0 Å². The van der Waals surface area contributed by atoms with Crippen molar-refractivity contribution in [2.24, 2.45) is 0 Å². The van der Waals surface area contributed by atoms with Crippen molar-refractivity contribution in [1.82, 2.24) is 4.72 Å². The first-order chi connectivity index (χ1) is 14.7. The fourth-order valence-electron chi connectivity index (χ4n) is 2.55. The molecule has 1 amide bonds. The average molecular weight is 451 g/mol. The third-order valence-electron chi connectivity index (χ3n) is 4.04. The van der Waals surface area contributed by atoms with Gasteiger partial charge in [0, 0.05) is 6.54 Å². The number of anilines is 1. The molecule has 164 valence electrons. The number of carbonyl (C=O) groups excluding carboxylic acids is 2. The minimum atomic E-state index is -4.36. The van der Waals surface area contributed by atoms with Crippen molar-refractivity contribution in [3.05, 3.63) is 60.2 Å². The van der Waals surface area contributed by atoms with Gasteiger partial charge in [-0.15, -0.1) is 0 Å². The molecule has 0 aromatic heterocycles. The van der Waals surface area contributed by atoms with Crippen LogP contribution in [0.25, 0.3) is 0 Å². The number of hydrogen-bond donors (Lipinski definition) is 1. The molecule has 0 aliphatic carbocycles. The standard InChI is InChI=1S/C20H19F2N3O5S/c1-14(24-31(28,29)18-10-5-3-8-16(18)22)20(27)30-13-19(26)25(12-6-11-23)17-9-4-2-7-15(17)21/h2-5,7-10,14,24H,6,12-13H2,1H3. The lowest BCUT2D eigenvalue weighted by atomic mass is 10.2. The number of ether oxygens (including phenoxy) is 1. The Balaban J connectivity index is 2.04. The monoisotopic (exact) mass is 451 g/mol. The molecule has 1 unspecified atom stereocenters. The normalized spacial score (nSPS) is 11.9. The summed E-state index contributed by atoms with van der Waals surface area (Å²) >= 11 is 0. The minimum Gasteiger partial charge on any atom is -0.454 e. The molecule has 0 spiro atoms. The van der Waals surface area contributed by atoms with E-state index in [4.69, 9.17) is 10.00 Å². The summed E-state index contributed by atoms with van der Waals surface area (Å²) in [5, 5.41) is 8.77. The molecular weight excluding hydrogens is 432 g/mol. The van der Waals surface area contributed by atoms with Gasteiger partial charge in [-0.2, -0.15) is 9.98 Å². The highest BCUT2D eigenvalue weighted by atomic mass is 32.2. The smallest absolute Gasteiger partial charge is 0.324 e. The number of halogens is 2. The molecule has 0 saturated carbocycles. The maximum Gasteiger partial charge on any atom is 0.324 e. The number of nitriles is 1. The summed E-state index contributed by atoms with van der Waals surface area (Å²) in [7, 11) is -4.36. The second-order valence-corrected chi connectivity index (χ2v) is 7.97. The lowest BCUT2D eigenvalue weighted by Crippen LogP contribution is -2.42. The quantitative estimate of drug-likeness (QED) is 0.584. The Morgan fingerprint density at radius 1 is 1.13 bits per heavy atom. The zero-order valence-corrected chi connectivity index (χ0v) is 17.2. The van der Waals surface area contributed by atoms with Crippen LogP contribution in [0.4, 0.5) is 14.5 Å². The second-order valence-electron chi connectivity index (χ2n) is 6.29. The van der Waals surface area contributed by atoms with Gasteiger partial charge in [-0.05, 0) is 31.2 Å². The molecule has 0 radical (unpaired) electrons. The number of amides is 1. The molecule has 31 heavy (non-hydrogen) atoms. The Morgan fingerprint density at radius 2 is 1.74 bits per heavy atom. The van der Waals surface area contributed by atoms with Gasteiger partial charge in [0.1, 0.15) is 22.6 Å². The Morgan fingerprint density at radius 3 is 2.35 bits per heavy atom. The number of sulfonamides is 1. The molecule has 0 aliphatic heterocycles. The molecule has 2 rings (SSSR count). The van der Waals surface area contributed by atoms with E-state index >= 15 is 0 Å². The van der Waals surface area contributed by atoms with E-state index in [0.717, 1.165) is 30.0 Å². The van der Waals surface area contributed by atoms with E-state index in [1.165, 1.54) is 30.3 Å². The minimum absolute atomic E-state index is 0.0904. The highest BCUT2D eigenvalue weighted by Crippen LogP contribution is 2.19. The van der Waals surface area contributed by atoms with E-state index in [-0.39, 0.29) is 18.7 Å². The van der Waals surface area contributed by atoms with E-state index in [0.29, 0.717) is 0 Å². The van der Waals surface area contributed by atoms with Gasteiger partial charge in [0.25, 0.3) is 5.91 Å². The van der Waals surface area contributed by atoms with Crippen molar-refractivity contribution in [2.45, 2.75) is 24.3 Å². The summed E-state index contributed by atoms with van der Waals surface area (Å²) in [5.74, 6) is -3.60. The number of carbonyl (C=O) groups is 2. The predicted octanol–water partition coefficient (Wildman–Crippen LogP) is 2.12. The Kier molecular flexibility index (Phi) is 8.18. The maximum absolute atomic E-state index is 14.0. The number of hydrogen-bond acceptors (Lipinski definition) is 6. The summed E-state index contributed by atoms with van der Waals surface area (Å²) in [4.78, 5) is 24.9. The van der Waals surface area contributed by atoms with Crippen molar-refractivity contribution in [1.29, 1.82) is 5.26 Å². The van der Waals surface area contributed by atoms with Gasteiger partial charge in [-0.3, -0.25) is 9.59 Å². The lowest BCUT2D eigenvalue weighted by molar-refractivity contribution is -0.149. The first-order valence-corrected chi connectivity index (χ1v) is 10.5. The van der Waals surface area contributed by atoms with E-state index in [2.05, 4.69) is 0 Å². The van der Waals surface area contributed by atoms with Crippen LogP contribution in [0.5, 0.6) is 0 Å². The number of rotatable bonds is 9.